The Morgan fingerprint density at radius 2 is 2.08 bits per heavy atom. The normalized spacial score (nSPS) is 10.7. The van der Waals surface area contributed by atoms with Crippen LogP contribution >= 0.6 is 0 Å². The number of nitrogens with zero attached hydrogens (tertiary/aromatic N) is 3. The van der Waals surface area contributed by atoms with Gasteiger partial charge in [-0.05, 0) is 42.3 Å². The third-order valence-corrected chi connectivity index (χ3v) is 3.35. The fraction of sp³-hybridized carbons (Fsp3) is 0.0556. The molecular weight excluding hydrogens is 302 g/mol. The van der Waals surface area contributed by atoms with Gasteiger partial charge in [0, 0.05) is 11.9 Å². The number of aryl methyl sites for hydroxylation is 1. The molecule has 0 radical (unpaired) electrons. The lowest BCUT2D eigenvalue weighted by atomic mass is 10.2. The second kappa shape index (κ2) is 6.67. The van der Waals surface area contributed by atoms with Crippen molar-refractivity contribution in [3.63, 3.8) is 0 Å². The van der Waals surface area contributed by atoms with Gasteiger partial charge in [-0.3, -0.25) is 5.10 Å². The third kappa shape index (κ3) is 3.42. The number of benzene rings is 2. The predicted octanol–water partition coefficient (Wildman–Crippen LogP) is 3.79. The smallest absolute Gasteiger partial charge is 0.193 e. The van der Waals surface area contributed by atoms with E-state index in [4.69, 9.17) is 0 Å². The molecule has 118 valence electrons. The maximum Gasteiger partial charge on any atom is 0.193 e. The van der Waals surface area contributed by atoms with Crippen LogP contribution < -0.4 is 5.32 Å². The van der Waals surface area contributed by atoms with Gasteiger partial charge >= 0.3 is 0 Å². The quantitative estimate of drug-likeness (QED) is 0.638. The molecule has 0 saturated heterocycles. The number of nitriles is 1. The van der Waals surface area contributed by atoms with Crippen LogP contribution in [0.15, 0.2) is 53.5 Å². The molecule has 24 heavy (non-hydrogen) atoms. The highest BCUT2D eigenvalue weighted by atomic mass is 16.3. The van der Waals surface area contributed by atoms with E-state index in [1.165, 1.54) is 0 Å². The van der Waals surface area contributed by atoms with Crippen molar-refractivity contribution in [2.24, 2.45) is 4.99 Å². The van der Waals surface area contributed by atoms with Crippen LogP contribution in [0.2, 0.25) is 0 Å². The number of aromatic nitrogens is 2. The SMILES string of the molecule is Cc1cccc(Nc2[nH]nc(N=Cc3cccc(O)c3)c2C#N)c1. The molecule has 0 aliphatic carbocycles. The molecule has 0 bridgehead atoms. The van der Waals surface area contributed by atoms with Crippen molar-refractivity contribution in [2.75, 3.05) is 5.32 Å². The minimum absolute atomic E-state index is 0.156. The molecule has 0 unspecified atom stereocenters. The molecule has 6 heteroatoms. The maximum absolute atomic E-state index is 9.46. The Hall–Kier alpha value is -3.59. The molecular formula is C18H15N5O. The third-order valence-electron chi connectivity index (χ3n) is 3.35. The monoisotopic (exact) mass is 317 g/mol. The van der Waals surface area contributed by atoms with Crippen LogP contribution in [0, 0.1) is 18.3 Å². The van der Waals surface area contributed by atoms with Gasteiger partial charge < -0.3 is 10.4 Å². The molecule has 6 nitrogen and oxygen atoms in total. The van der Waals surface area contributed by atoms with Gasteiger partial charge in [-0.1, -0.05) is 24.3 Å². The lowest BCUT2D eigenvalue weighted by molar-refractivity contribution is 0.475. The molecule has 3 N–H and O–H groups in total. The zero-order valence-corrected chi connectivity index (χ0v) is 13.0. The van der Waals surface area contributed by atoms with Crippen LogP contribution in [0.1, 0.15) is 16.7 Å². The van der Waals surface area contributed by atoms with Gasteiger partial charge in [0.15, 0.2) is 5.82 Å². The van der Waals surface area contributed by atoms with E-state index in [0.717, 1.165) is 16.8 Å². The number of anilines is 2. The van der Waals surface area contributed by atoms with Crippen molar-refractivity contribution < 1.29 is 5.11 Å². The summed E-state index contributed by atoms with van der Waals surface area (Å²) in [5, 5.41) is 28.9. The fourth-order valence-electron chi connectivity index (χ4n) is 2.23. The van der Waals surface area contributed by atoms with E-state index in [9.17, 15) is 10.4 Å². The first-order valence-corrected chi connectivity index (χ1v) is 7.31. The van der Waals surface area contributed by atoms with Gasteiger partial charge in [0.05, 0.1) is 0 Å². The van der Waals surface area contributed by atoms with Crippen LogP contribution in [0.25, 0.3) is 0 Å². The van der Waals surface area contributed by atoms with Crippen LogP contribution in [0.4, 0.5) is 17.3 Å². The molecule has 1 heterocycles. The number of nitrogens with one attached hydrogen (secondary N) is 2. The van der Waals surface area contributed by atoms with E-state index >= 15 is 0 Å². The molecule has 0 amide bonds. The summed E-state index contributed by atoms with van der Waals surface area (Å²) in [7, 11) is 0. The highest BCUT2D eigenvalue weighted by Gasteiger charge is 2.12. The molecule has 0 atom stereocenters. The molecule has 3 aromatic rings. The molecule has 0 fully saturated rings. The zero-order valence-electron chi connectivity index (χ0n) is 13.0. The van der Waals surface area contributed by atoms with Crippen LogP contribution in [0.3, 0.4) is 0 Å². The molecule has 2 aromatic carbocycles. The van der Waals surface area contributed by atoms with Crippen molar-refractivity contribution >= 4 is 23.5 Å². The molecule has 0 aliphatic rings. The summed E-state index contributed by atoms with van der Waals surface area (Å²) in [6, 6.07) is 16.6. The number of H-pyrrole nitrogens is 1. The first-order chi connectivity index (χ1) is 11.7. The Kier molecular flexibility index (Phi) is 4.25. The minimum atomic E-state index is 0.156. The Morgan fingerprint density at radius 3 is 2.83 bits per heavy atom. The second-order valence-corrected chi connectivity index (χ2v) is 5.26. The lowest BCUT2D eigenvalue weighted by Crippen LogP contribution is -1.93. The largest absolute Gasteiger partial charge is 0.508 e. The molecule has 0 aliphatic heterocycles. The lowest BCUT2D eigenvalue weighted by Gasteiger charge is -2.04. The van der Waals surface area contributed by atoms with Crippen molar-refractivity contribution in [3.05, 3.63) is 65.2 Å². The number of hydrogen-bond donors (Lipinski definition) is 3. The van der Waals surface area contributed by atoms with Crippen LogP contribution in [-0.4, -0.2) is 21.5 Å². The number of hydrogen-bond acceptors (Lipinski definition) is 5. The fourth-order valence-corrected chi connectivity index (χ4v) is 2.23. The van der Waals surface area contributed by atoms with Gasteiger partial charge in [0.25, 0.3) is 0 Å². The van der Waals surface area contributed by atoms with Crippen molar-refractivity contribution in [2.45, 2.75) is 6.92 Å². The van der Waals surface area contributed by atoms with E-state index < -0.39 is 0 Å². The number of aliphatic imine (C=N–C) groups is 1. The van der Waals surface area contributed by atoms with E-state index in [2.05, 4.69) is 26.6 Å². The van der Waals surface area contributed by atoms with E-state index in [0.29, 0.717) is 11.4 Å². The number of rotatable bonds is 4. The summed E-state index contributed by atoms with van der Waals surface area (Å²) in [5.41, 5.74) is 3.02. The van der Waals surface area contributed by atoms with E-state index in [1.807, 2.05) is 31.2 Å². The van der Waals surface area contributed by atoms with Crippen LogP contribution in [0.5, 0.6) is 5.75 Å². The molecule has 0 saturated carbocycles. The average Bonchev–Trinajstić information content (AvgIpc) is 2.94. The van der Waals surface area contributed by atoms with Crippen molar-refractivity contribution in [3.8, 4) is 11.8 Å². The number of aromatic amines is 1. The first kappa shape index (κ1) is 15.3. The first-order valence-electron chi connectivity index (χ1n) is 7.31. The standard InChI is InChI=1S/C18H15N5O/c1-12-4-2-6-14(8-12)21-18-16(10-19)17(22-23-18)20-11-13-5-3-7-15(24)9-13/h2-9,11,24H,1H3,(H2,21,22,23). The Balaban J connectivity index is 1.86. The highest BCUT2D eigenvalue weighted by Crippen LogP contribution is 2.26. The number of aromatic hydroxyl groups is 1. The van der Waals surface area contributed by atoms with Crippen LogP contribution in [-0.2, 0) is 0 Å². The van der Waals surface area contributed by atoms with Gasteiger partial charge in [-0.25, -0.2) is 4.99 Å². The topological polar surface area (TPSA) is 97.1 Å². The van der Waals surface area contributed by atoms with Gasteiger partial charge in [0.2, 0.25) is 0 Å². The summed E-state index contributed by atoms with van der Waals surface area (Å²) in [6.07, 6.45) is 1.55. The summed E-state index contributed by atoms with van der Waals surface area (Å²) >= 11 is 0. The maximum atomic E-state index is 9.46. The Bertz CT molecular complexity index is 937. The van der Waals surface area contributed by atoms with Crippen molar-refractivity contribution in [1.29, 1.82) is 5.26 Å². The summed E-state index contributed by atoms with van der Waals surface area (Å²) in [4.78, 5) is 4.23. The highest BCUT2D eigenvalue weighted by molar-refractivity contribution is 5.83. The summed E-state index contributed by atoms with van der Waals surface area (Å²) < 4.78 is 0. The van der Waals surface area contributed by atoms with E-state index in [1.54, 1.807) is 30.5 Å². The van der Waals surface area contributed by atoms with Gasteiger partial charge in [-0.15, -0.1) is 0 Å². The molecule has 0 spiro atoms. The molecule has 3 rings (SSSR count). The van der Waals surface area contributed by atoms with Gasteiger partial charge in [0.1, 0.15) is 23.2 Å². The zero-order chi connectivity index (χ0) is 16.9. The Labute approximate surface area is 139 Å². The average molecular weight is 317 g/mol. The van der Waals surface area contributed by atoms with Crippen molar-refractivity contribution in [1.82, 2.24) is 10.2 Å². The van der Waals surface area contributed by atoms with Gasteiger partial charge in [-0.2, -0.15) is 10.4 Å². The number of phenolic OH excluding ortho intramolecular Hbond substituents is 1. The van der Waals surface area contributed by atoms with E-state index in [-0.39, 0.29) is 11.6 Å². The number of phenols is 1. The predicted molar refractivity (Wildman–Crippen MR) is 93.1 cm³/mol. The second-order valence-electron chi connectivity index (χ2n) is 5.26. The summed E-state index contributed by atoms with van der Waals surface area (Å²) in [5.74, 6) is 0.936. The molecule has 1 aromatic heterocycles. The Morgan fingerprint density at radius 1 is 1.25 bits per heavy atom. The minimum Gasteiger partial charge on any atom is -0.508 e. The summed E-state index contributed by atoms with van der Waals surface area (Å²) in [6.45, 7) is 1.99.